The third-order valence-corrected chi connectivity index (χ3v) is 6.68. The number of nitrogens with zero attached hydrogens (tertiary/aromatic N) is 3. The highest BCUT2D eigenvalue weighted by Crippen LogP contribution is 2.25. The van der Waals surface area contributed by atoms with Crippen LogP contribution in [0.15, 0.2) is 41.4 Å². The van der Waals surface area contributed by atoms with Gasteiger partial charge in [0.15, 0.2) is 12.2 Å². The van der Waals surface area contributed by atoms with Gasteiger partial charge in [-0.3, -0.25) is 4.79 Å². The zero-order valence-corrected chi connectivity index (χ0v) is 19.7. The molecule has 3 heterocycles. The van der Waals surface area contributed by atoms with E-state index in [1.807, 2.05) is 25.1 Å². The lowest BCUT2D eigenvalue weighted by molar-refractivity contribution is 0.0865. The number of oxazole rings is 1. The van der Waals surface area contributed by atoms with E-state index in [4.69, 9.17) is 9.15 Å². The first-order valence-corrected chi connectivity index (χ1v) is 12.0. The van der Waals surface area contributed by atoms with Crippen molar-refractivity contribution in [2.45, 2.75) is 63.9 Å². The molecule has 10 nitrogen and oxygen atoms in total. The molecule has 0 saturated heterocycles. The summed E-state index contributed by atoms with van der Waals surface area (Å²) in [5.41, 5.74) is 3.37. The van der Waals surface area contributed by atoms with Crippen LogP contribution in [0, 0.1) is 6.92 Å². The molecular weight excluding hydrogens is 448 g/mol. The molecule has 2 unspecified atom stereocenters. The third kappa shape index (κ3) is 5.60. The van der Waals surface area contributed by atoms with Crippen molar-refractivity contribution in [1.82, 2.24) is 25.6 Å². The van der Waals surface area contributed by atoms with E-state index in [-0.39, 0.29) is 24.2 Å². The molecule has 184 valence electrons. The van der Waals surface area contributed by atoms with Crippen molar-refractivity contribution in [2.75, 3.05) is 11.9 Å². The number of hydrogen-bond donors (Lipinski definition) is 4. The zero-order valence-electron chi connectivity index (χ0n) is 19.7. The largest absolute Gasteiger partial charge is 0.486 e. The summed E-state index contributed by atoms with van der Waals surface area (Å²) in [6, 6.07) is 7.84. The minimum absolute atomic E-state index is 0.124. The van der Waals surface area contributed by atoms with Crippen molar-refractivity contribution in [2.24, 2.45) is 0 Å². The Hall–Kier alpha value is -3.50. The molecule has 35 heavy (non-hydrogen) atoms. The predicted octanol–water partition coefficient (Wildman–Crippen LogP) is 2.12. The average Bonchev–Trinajstić information content (AvgIpc) is 3.27. The van der Waals surface area contributed by atoms with Gasteiger partial charge in [-0.1, -0.05) is 6.07 Å². The Morgan fingerprint density at radius 3 is 2.91 bits per heavy atom. The number of rotatable bonds is 9. The van der Waals surface area contributed by atoms with Crippen LogP contribution in [0.3, 0.4) is 0 Å². The third-order valence-electron chi connectivity index (χ3n) is 6.68. The van der Waals surface area contributed by atoms with Crippen LogP contribution in [0.4, 0.5) is 5.82 Å². The number of aryl methyl sites for hydroxylation is 1. The smallest absolute Gasteiger partial charge is 0.270 e. The van der Waals surface area contributed by atoms with Gasteiger partial charge in [0.1, 0.15) is 30.2 Å². The van der Waals surface area contributed by atoms with E-state index in [9.17, 15) is 9.90 Å². The summed E-state index contributed by atoms with van der Waals surface area (Å²) in [6.07, 6.45) is 6.15. The fourth-order valence-corrected chi connectivity index (χ4v) is 4.24. The van der Waals surface area contributed by atoms with E-state index in [2.05, 4.69) is 30.9 Å². The summed E-state index contributed by atoms with van der Waals surface area (Å²) in [5, 5.41) is 20.2. The second-order valence-electron chi connectivity index (χ2n) is 9.11. The molecule has 0 spiro atoms. The topological polar surface area (TPSA) is 134 Å². The second-order valence-corrected chi connectivity index (χ2v) is 9.11. The number of amides is 1. The van der Waals surface area contributed by atoms with E-state index < -0.39 is 6.10 Å². The van der Waals surface area contributed by atoms with E-state index in [1.54, 1.807) is 6.07 Å². The maximum absolute atomic E-state index is 12.6. The van der Waals surface area contributed by atoms with Crippen LogP contribution in [0.5, 0.6) is 5.75 Å². The van der Waals surface area contributed by atoms with Crippen molar-refractivity contribution in [3.63, 3.8) is 0 Å². The molecule has 0 radical (unpaired) electrons. The normalized spacial score (nSPS) is 18.3. The summed E-state index contributed by atoms with van der Waals surface area (Å²) >= 11 is 0. The quantitative estimate of drug-likeness (QED) is 0.365. The molecule has 2 aliphatic rings. The van der Waals surface area contributed by atoms with Gasteiger partial charge < -0.3 is 30.2 Å². The van der Waals surface area contributed by atoms with Crippen LogP contribution in [0.2, 0.25) is 0 Å². The number of fused-ring (bicyclic) bond motifs is 1. The van der Waals surface area contributed by atoms with Gasteiger partial charge in [0.05, 0.1) is 11.8 Å². The van der Waals surface area contributed by atoms with Crippen molar-refractivity contribution in [3.8, 4) is 5.75 Å². The summed E-state index contributed by atoms with van der Waals surface area (Å²) in [6.45, 7) is 2.93. The lowest BCUT2D eigenvalue weighted by Gasteiger charge is -2.30. The number of anilines is 1. The number of ether oxygens (including phenoxy) is 1. The van der Waals surface area contributed by atoms with E-state index >= 15 is 0 Å². The Kier molecular flexibility index (Phi) is 6.91. The van der Waals surface area contributed by atoms with Gasteiger partial charge in [0, 0.05) is 31.2 Å². The average molecular weight is 479 g/mol. The van der Waals surface area contributed by atoms with E-state index in [1.165, 1.54) is 19.1 Å². The molecule has 10 heteroatoms. The molecule has 0 bridgehead atoms. The van der Waals surface area contributed by atoms with Crippen LogP contribution in [-0.4, -0.2) is 50.7 Å². The number of nitrogens with one attached hydrogen (secondary N) is 3. The highest BCUT2D eigenvalue weighted by Gasteiger charge is 2.26. The van der Waals surface area contributed by atoms with Gasteiger partial charge in [-0.2, -0.15) is 0 Å². The maximum atomic E-state index is 12.6. The van der Waals surface area contributed by atoms with E-state index in [0.717, 1.165) is 35.4 Å². The molecular formula is C25H30N6O4. The Labute approximate surface area is 203 Å². The van der Waals surface area contributed by atoms with Gasteiger partial charge in [0.25, 0.3) is 5.91 Å². The van der Waals surface area contributed by atoms with Crippen LogP contribution in [0.25, 0.3) is 0 Å². The van der Waals surface area contributed by atoms with Gasteiger partial charge in [0.2, 0.25) is 0 Å². The molecule has 1 saturated carbocycles. The SMILES string of the molecule is Cc1ncoc1COc1ccc2c(c1)CNC(C(O)CNC(=O)c1cc(NC3CCC3)ncn1)C2. The molecule has 1 amide bonds. The summed E-state index contributed by atoms with van der Waals surface area (Å²) in [4.78, 5) is 24.9. The monoisotopic (exact) mass is 478 g/mol. The summed E-state index contributed by atoms with van der Waals surface area (Å²) in [7, 11) is 0. The highest BCUT2D eigenvalue weighted by molar-refractivity contribution is 5.92. The number of aliphatic hydroxyl groups excluding tert-OH is 1. The molecule has 2 atom stereocenters. The Morgan fingerprint density at radius 1 is 1.26 bits per heavy atom. The first kappa shape index (κ1) is 23.3. The van der Waals surface area contributed by atoms with Crippen LogP contribution < -0.4 is 20.7 Å². The number of carbonyl (C=O) groups is 1. The number of aromatic nitrogens is 3. The zero-order chi connectivity index (χ0) is 24.2. The lowest BCUT2D eigenvalue weighted by Crippen LogP contribution is -2.49. The molecule has 5 rings (SSSR count). The minimum atomic E-state index is -0.744. The van der Waals surface area contributed by atoms with Crippen molar-refractivity contribution >= 4 is 11.7 Å². The first-order chi connectivity index (χ1) is 17.0. The standard InChI is InChI=1S/C25H30N6O4/c1-15-23(35-14-30-15)12-34-19-6-5-16-8-20(26-10-17(16)7-19)22(32)11-27-25(33)21-9-24(29-13-28-21)31-18-3-2-4-18/h5-7,9,13-14,18,20,22,26,32H,2-4,8,10-12H2,1H3,(H,27,33)(H,28,29,31). The predicted molar refractivity (Wildman–Crippen MR) is 128 cm³/mol. The highest BCUT2D eigenvalue weighted by atomic mass is 16.5. The number of carbonyl (C=O) groups excluding carboxylic acids is 1. The number of hydrogen-bond acceptors (Lipinski definition) is 9. The molecule has 2 aromatic heterocycles. The van der Waals surface area contributed by atoms with Gasteiger partial charge in [-0.05, 0) is 55.9 Å². The van der Waals surface area contributed by atoms with Crippen LogP contribution in [0.1, 0.15) is 52.3 Å². The molecule has 1 aliphatic heterocycles. The molecule has 1 aromatic carbocycles. The molecule has 4 N–H and O–H groups in total. The molecule has 1 fully saturated rings. The van der Waals surface area contributed by atoms with Crippen LogP contribution >= 0.6 is 0 Å². The number of benzene rings is 1. The first-order valence-electron chi connectivity index (χ1n) is 12.0. The van der Waals surface area contributed by atoms with Crippen molar-refractivity contribution < 1.29 is 19.1 Å². The summed E-state index contributed by atoms with van der Waals surface area (Å²) < 4.78 is 11.2. The number of aliphatic hydroxyl groups is 1. The fourth-order valence-electron chi connectivity index (χ4n) is 4.24. The second kappa shape index (κ2) is 10.4. The Balaban J connectivity index is 1.12. The van der Waals surface area contributed by atoms with Crippen molar-refractivity contribution in [3.05, 3.63) is 65.3 Å². The summed E-state index contributed by atoms with van der Waals surface area (Å²) in [5.74, 6) is 1.78. The van der Waals surface area contributed by atoms with Gasteiger partial charge >= 0.3 is 0 Å². The lowest BCUT2D eigenvalue weighted by atomic mass is 9.92. The van der Waals surface area contributed by atoms with E-state index in [0.29, 0.717) is 37.2 Å². The Morgan fingerprint density at radius 2 is 2.14 bits per heavy atom. The maximum Gasteiger partial charge on any atom is 0.270 e. The molecule has 1 aliphatic carbocycles. The fraction of sp³-hybridized carbons (Fsp3) is 0.440. The molecule has 3 aromatic rings. The van der Waals surface area contributed by atoms with Gasteiger partial charge in [-0.25, -0.2) is 15.0 Å². The van der Waals surface area contributed by atoms with Crippen LogP contribution in [-0.2, 0) is 19.6 Å². The Bertz CT molecular complexity index is 1180. The minimum Gasteiger partial charge on any atom is -0.486 e. The van der Waals surface area contributed by atoms with Crippen molar-refractivity contribution in [1.29, 1.82) is 0 Å². The van der Waals surface area contributed by atoms with Gasteiger partial charge in [-0.15, -0.1) is 0 Å².